The van der Waals surface area contributed by atoms with Crippen LogP contribution in [0.5, 0.6) is 0 Å². The van der Waals surface area contributed by atoms with Crippen molar-refractivity contribution in [2.75, 3.05) is 26.3 Å². The summed E-state index contributed by atoms with van der Waals surface area (Å²) in [7, 11) is 0. The van der Waals surface area contributed by atoms with Crippen LogP contribution in [0, 0.1) is 0 Å². The van der Waals surface area contributed by atoms with Crippen LogP contribution in [0.15, 0.2) is 33.5 Å². The zero-order valence-corrected chi connectivity index (χ0v) is 13.5. The van der Waals surface area contributed by atoms with Gasteiger partial charge in [-0.05, 0) is 23.8 Å². The summed E-state index contributed by atoms with van der Waals surface area (Å²) in [4.78, 5) is 14.1. The first-order valence-corrected chi connectivity index (χ1v) is 8.24. The lowest BCUT2D eigenvalue weighted by molar-refractivity contribution is -0.185. The van der Waals surface area contributed by atoms with E-state index in [0.29, 0.717) is 30.4 Å². The largest absolute Gasteiger partial charge is 0.423 e. The van der Waals surface area contributed by atoms with Crippen molar-refractivity contribution < 1.29 is 13.9 Å². The molecule has 122 valence electrons. The first-order chi connectivity index (χ1) is 11.1. The molecule has 0 aliphatic carbocycles. The molecule has 1 aromatic heterocycles. The van der Waals surface area contributed by atoms with E-state index >= 15 is 0 Å². The number of hydrogen-bond donors (Lipinski definition) is 0. The molecule has 0 atom stereocenters. The van der Waals surface area contributed by atoms with Gasteiger partial charge in [-0.25, -0.2) is 4.79 Å². The van der Waals surface area contributed by atoms with Gasteiger partial charge in [0.15, 0.2) is 5.79 Å². The Bertz CT molecular complexity index is 772. The van der Waals surface area contributed by atoms with E-state index in [1.807, 2.05) is 6.07 Å². The maximum absolute atomic E-state index is 11.8. The molecule has 0 bridgehead atoms. The van der Waals surface area contributed by atoms with Crippen LogP contribution in [0.25, 0.3) is 11.0 Å². The SMILES string of the molecule is O=c1cc(CN2CCC3(CC2)OCCO3)c2cc(Cl)ccc2o1. The van der Waals surface area contributed by atoms with Crippen molar-refractivity contribution in [2.24, 2.45) is 0 Å². The number of fused-ring (bicyclic) bond motifs is 1. The van der Waals surface area contributed by atoms with Gasteiger partial charge in [-0.1, -0.05) is 11.6 Å². The van der Waals surface area contributed by atoms with Crippen molar-refractivity contribution in [1.82, 2.24) is 4.90 Å². The van der Waals surface area contributed by atoms with E-state index in [9.17, 15) is 4.79 Å². The van der Waals surface area contributed by atoms with E-state index < -0.39 is 0 Å². The Morgan fingerprint density at radius 3 is 2.61 bits per heavy atom. The van der Waals surface area contributed by atoms with Crippen LogP contribution in [0.2, 0.25) is 5.02 Å². The third-order valence-corrected chi connectivity index (χ3v) is 4.85. The van der Waals surface area contributed by atoms with E-state index in [-0.39, 0.29) is 11.4 Å². The number of rotatable bonds is 2. The van der Waals surface area contributed by atoms with Gasteiger partial charge in [-0.2, -0.15) is 0 Å². The Balaban J connectivity index is 1.56. The number of hydrogen-bond acceptors (Lipinski definition) is 5. The Hall–Kier alpha value is -1.40. The Kier molecular flexibility index (Phi) is 3.89. The fourth-order valence-corrected chi connectivity index (χ4v) is 3.58. The summed E-state index contributed by atoms with van der Waals surface area (Å²) < 4.78 is 16.8. The van der Waals surface area contributed by atoms with Crippen molar-refractivity contribution in [1.29, 1.82) is 0 Å². The van der Waals surface area contributed by atoms with Crippen LogP contribution in [-0.2, 0) is 16.0 Å². The molecule has 5 nitrogen and oxygen atoms in total. The first kappa shape index (κ1) is 15.1. The van der Waals surface area contributed by atoms with Crippen LogP contribution >= 0.6 is 11.6 Å². The molecular weight excluding hydrogens is 318 g/mol. The van der Waals surface area contributed by atoms with Gasteiger partial charge >= 0.3 is 5.63 Å². The van der Waals surface area contributed by atoms with Crippen LogP contribution in [0.4, 0.5) is 0 Å². The highest BCUT2D eigenvalue weighted by molar-refractivity contribution is 6.31. The lowest BCUT2D eigenvalue weighted by Gasteiger charge is -2.37. The molecule has 0 saturated carbocycles. The smallest absolute Gasteiger partial charge is 0.336 e. The lowest BCUT2D eigenvalue weighted by Crippen LogP contribution is -2.44. The predicted molar refractivity (Wildman–Crippen MR) is 86.6 cm³/mol. The molecule has 2 aromatic rings. The summed E-state index contributed by atoms with van der Waals surface area (Å²) in [6.07, 6.45) is 1.71. The highest BCUT2D eigenvalue weighted by atomic mass is 35.5. The minimum atomic E-state index is -0.377. The molecule has 3 heterocycles. The van der Waals surface area contributed by atoms with Gasteiger partial charge in [0.1, 0.15) is 5.58 Å². The quantitative estimate of drug-likeness (QED) is 0.790. The normalized spacial score (nSPS) is 21.3. The molecule has 2 aliphatic rings. The molecule has 4 rings (SSSR count). The molecule has 2 fully saturated rings. The van der Waals surface area contributed by atoms with Crippen LogP contribution in [0.1, 0.15) is 18.4 Å². The third-order valence-electron chi connectivity index (χ3n) is 4.62. The van der Waals surface area contributed by atoms with Crippen LogP contribution in [0.3, 0.4) is 0 Å². The standard InChI is InChI=1S/C17H18ClNO4/c18-13-1-2-15-14(10-13)12(9-16(20)23-15)11-19-5-3-17(4-6-19)21-7-8-22-17/h1-2,9-10H,3-8,11H2. The number of ether oxygens (including phenoxy) is 2. The summed E-state index contributed by atoms with van der Waals surface area (Å²) in [6, 6.07) is 6.89. The topological polar surface area (TPSA) is 51.9 Å². The Morgan fingerprint density at radius 2 is 1.87 bits per heavy atom. The average molecular weight is 336 g/mol. The summed E-state index contributed by atoms with van der Waals surface area (Å²) >= 11 is 6.09. The summed E-state index contributed by atoms with van der Waals surface area (Å²) in [6.45, 7) is 3.81. The van der Waals surface area contributed by atoms with Gasteiger partial charge in [-0.15, -0.1) is 0 Å². The van der Waals surface area contributed by atoms with Crippen molar-refractivity contribution in [2.45, 2.75) is 25.2 Å². The number of likely N-dealkylation sites (tertiary alicyclic amines) is 1. The zero-order chi connectivity index (χ0) is 15.9. The van der Waals surface area contributed by atoms with Crippen LogP contribution in [-0.4, -0.2) is 37.0 Å². The summed E-state index contributed by atoms with van der Waals surface area (Å²) in [5.41, 5.74) is 1.20. The molecule has 1 spiro atoms. The van der Waals surface area contributed by atoms with Crippen molar-refractivity contribution in [3.8, 4) is 0 Å². The average Bonchev–Trinajstić information content (AvgIpc) is 2.99. The van der Waals surface area contributed by atoms with Gasteiger partial charge in [0.25, 0.3) is 0 Å². The second-order valence-electron chi connectivity index (χ2n) is 6.11. The maximum atomic E-state index is 11.8. The number of piperidine rings is 1. The Morgan fingerprint density at radius 1 is 1.13 bits per heavy atom. The number of halogens is 1. The third kappa shape index (κ3) is 3.02. The molecule has 2 saturated heterocycles. The van der Waals surface area contributed by atoms with Gasteiger partial charge in [0.2, 0.25) is 0 Å². The molecular formula is C17H18ClNO4. The zero-order valence-electron chi connectivity index (χ0n) is 12.7. The van der Waals surface area contributed by atoms with Crippen molar-refractivity contribution in [3.05, 3.63) is 45.3 Å². The molecule has 2 aliphatic heterocycles. The molecule has 0 unspecified atom stereocenters. The second-order valence-corrected chi connectivity index (χ2v) is 6.55. The molecule has 6 heteroatoms. The first-order valence-electron chi connectivity index (χ1n) is 7.86. The summed E-state index contributed by atoms with van der Waals surface area (Å²) in [5, 5.41) is 1.53. The van der Waals surface area contributed by atoms with E-state index in [2.05, 4.69) is 4.90 Å². The van der Waals surface area contributed by atoms with E-state index in [0.717, 1.165) is 36.9 Å². The fraction of sp³-hybridized carbons (Fsp3) is 0.471. The van der Waals surface area contributed by atoms with E-state index in [1.165, 1.54) is 0 Å². The second kappa shape index (κ2) is 5.91. The van der Waals surface area contributed by atoms with Gasteiger partial charge in [-0.3, -0.25) is 4.90 Å². The minimum absolute atomic E-state index is 0.328. The van der Waals surface area contributed by atoms with Crippen LogP contribution < -0.4 is 5.63 Å². The highest BCUT2D eigenvalue weighted by Gasteiger charge is 2.39. The van der Waals surface area contributed by atoms with Gasteiger partial charge in [0, 0.05) is 49.0 Å². The minimum Gasteiger partial charge on any atom is -0.423 e. The maximum Gasteiger partial charge on any atom is 0.336 e. The lowest BCUT2D eigenvalue weighted by atomic mass is 10.0. The van der Waals surface area contributed by atoms with Crippen molar-refractivity contribution in [3.63, 3.8) is 0 Å². The molecule has 0 N–H and O–H groups in total. The molecule has 0 amide bonds. The van der Waals surface area contributed by atoms with Crippen molar-refractivity contribution >= 4 is 22.6 Å². The van der Waals surface area contributed by atoms with Gasteiger partial charge in [0.05, 0.1) is 13.2 Å². The molecule has 23 heavy (non-hydrogen) atoms. The predicted octanol–water partition coefficient (Wildman–Crippen LogP) is 2.79. The molecule has 1 aromatic carbocycles. The van der Waals surface area contributed by atoms with E-state index in [1.54, 1.807) is 18.2 Å². The fourth-order valence-electron chi connectivity index (χ4n) is 3.41. The Labute approximate surface area is 138 Å². The number of benzene rings is 1. The molecule has 0 radical (unpaired) electrons. The van der Waals surface area contributed by atoms with Gasteiger partial charge < -0.3 is 13.9 Å². The van der Waals surface area contributed by atoms with E-state index in [4.69, 9.17) is 25.5 Å². The summed E-state index contributed by atoms with van der Waals surface area (Å²) in [5.74, 6) is -0.377. The monoisotopic (exact) mass is 335 g/mol. The highest BCUT2D eigenvalue weighted by Crippen LogP contribution is 2.32. The number of nitrogens with zero attached hydrogens (tertiary/aromatic N) is 1.